The second-order valence-corrected chi connectivity index (χ2v) is 4.54. The summed E-state index contributed by atoms with van der Waals surface area (Å²) in [6.45, 7) is 0. The SMILES string of the molecule is N#Cc1ccc(C(=O)NC(c2ccc(F)cc2)C(F)(F)F)nc1. The van der Waals surface area contributed by atoms with E-state index in [4.69, 9.17) is 5.26 Å². The Morgan fingerprint density at radius 3 is 2.30 bits per heavy atom. The van der Waals surface area contributed by atoms with E-state index in [0.717, 1.165) is 36.5 Å². The number of carbonyl (C=O) groups excluding carboxylic acids is 1. The zero-order chi connectivity index (χ0) is 17.0. The predicted octanol–water partition coefficient (Wildman–Crippen LogP) is 3.13. The Hall–Kier alpha value is -2.95. The highest BCUT2D eigenvalue weighted by Gasteiger charge is 2.42. The van der Waals surface area contributed by atoms with Gasteiger partial charge in [-0.3, -0.25) is 4.79 Å². The number of aromatic nitrogens is 1. The summed E-state index contributed by atoms with van der Waals surface area (Å²) in [5.74, 6) is -1.74. The standard InChI is InChI=1S/C15H9F4N3O/c16-11-4-2-10(3-5-11)13(15(17,18)19)22-14(23)12-6-1-9(7-20)8-21-12/h1-6,8,13H,(H,22,23). The van der Waals surface area contributed by atoms with Gasteiger partial charge in [0.1, 0.15) is 17.6 Å². The molecule has 0 radical (unpaired) electrons. The molecule has 0 saturated carbocycles. The lowest BCUT2D eigenvalue weighted by atomic mass is 10.1. The van der Waals surface area contributed by atoms with Crippen molar-refractivity contribution in [3.8, 4) is 6.07 Å². The summed E-state index contributed by atoms with van der Waals surface area (Å²) < 4.78 is 52.2. The molecule has 2 rings (SSSR count). The van der Waals surface area contributed by atoms with Gasteiger partial charge in [-0.1, -0.05) is 12.1 Å². The predicted molar refractivity (Wildman–Crippen MR) is 71.6 cm³/mol. The fraction of sp³-hybridized carbons (Fsp3) is 0.133. The first kappa shape index (κ1) is 16.4. The molecule has 1 unspecified atom stereocenters. The number of nitrogens with zero attached hydrogens (tertiary/aromatic N) is 2. The molecule has 118 valence electrons. The number of hydrogen-bond donors (Lipinski definition) is 1. The zero-order valence-electron chi connectivity index (χ0n) is 11.4. The number of pyridine rings is 1. The molecule has 0 aliphatic rings. The lowest BCUT2D eigenvalue weighted by Gasteiger charge is -2.21. The monoisotopic (exact) mass is 323 g/mol. The maximum Gasteiger partial charge on any atom is 0.412 e. The first-order chi connectivity index (χ1) is 10.8. The minimum absolute atomic E-state index is 0.174. The fourth-order valence-corrected chi connectivity index (χ4v) is 1.81. The Balaban J connectivity index is 2.25. The van der Waals surface area contributed by atoms with Gasteiger partial charge in [0.25, 0.3) is 5.91 Å². The topological polar surface area (TPSA) is 65.8 Å². The molecule has 0 saturated heterocycles. The van der Waals surface area contributed by atoms with Crippen molar-refractivity contribution in [1.29, 1.82) is 5.26 Å². The van der Waals surface area contributed by atoms with E-state index in [2.05, 4.69) is 4.98 Å². The molecule has 1 amide bonds. The van der Waals surface area contributed by atoms with Crippen LogP contribution in [0.2, 0.25) is 0 Å². The molecule has 23 heavy (non-hydrogen) atoms. The second-order valence-electron chi connectivity index (χ2n) is 4.54. The van der Waals surface area contributed by atoms with E-state index < -0.39 is 23.9 Å². The first-order valence-electron chi connectivity index (χ1n) is 6.30. The van der Waals surface area contributed by atoms with Gasteiger partial charge < -0.3 is 5.32 Å². The van der Waals surface area contributed by atoms with Crippen LogP contribution in [0, 0.1) is 17.1 Å². The van der Waals surface area contributed by atoms with Crippen LogP contribution in [0.4, 0.5) is 17.6 Å². The van der Waals surface area contributed by atoms with E-state index >= 15 is 0 Å². The molecule has 1 heterocycles. The Labute approximate surface area is 128 Å². The van der Waals surface area contributed by atoms with E-state index in [0.29, 0.717) is 0 Å². The van der Waals surface area contributed by atoms with Crippen LogP contribution in [0.3, 0.4) is 0 Å². The maximum atomic E-state index is 13.1. The zero-order valence-corrected chi connectivity index (χ0v) is 11.4. The highest BCUT2D eigenvalue weighted by atomic mass is 19.4. The van der Waals surface area contributed by atoms with Gasteiger partial charge in [0.2, 0.25) is 0 Å². The summed E-state index contributed by atoms with van der Waals surface area (Å²) in [5.41, 5.74) is -0.395. The van der Waals surface area contributed by atoms with E-state index in [9.17, 15) is 22.4 Å². The summed E-state index contributed by atoms with van der Waals surface area (Å²) in [7, 11) is 0. The minimum Gasteiger partial charge on any atom is -0.335 e. The Bertz CT molecular complexity index is 733. The maximum absolute atomic E-state index is 13.1. The molecule has 1 N–H and O–H groups in total. The van der Waals surface area contributed by atoms with Crippen LogP contribution in [-0.2, 0) is 0 Å². The van der Waals surface area contributed by atoms with Gasteiger partial charge in [0.15, 0.2) is 6.04 Å². The largest absolute Gasteiger partial charge is 0.412 e. The number of hydrogen-bond acceptors (Lipinski definition) is 3. The normalized spacial score (nSPS) is 12.3. The molecule has 2 aromatic rings. The average Bonchev–Trinajstić information content (AvgIpc) is 2.52. The molecular weight excluding hydrogens is 314 g/mol. The van der Waals surface area contributed by atoms with E-state index in [1.54, 1.807) is 6.07 Å². The lowest BCUT2D eigenvalue weighted by molar-refractivity contribution is -0.155. The van der Waals surface area contributed by atoms with Crippen molar-refractivity contribution in [2.75, 3.05) is 0 Å². The molecule has 8 heteroatoms. The third-order valence-electron chi connectivity index (χ3n) is 2.93. The van der Waals surface area contributed by atoms with Gasteiger partial charge in [-0.15, -0.1) is 0 Å². The summed E-state index contributed by atoms with van der Waals surface area (Å²) in [5, 5.41) is 10.4. The third-order valence-corrected chi connectivity index (χ3v) is 2.93. The van der Waals surface area contributed by atoms with Gasteiger partial charge >= 0.3 is 6.18 Å². The number of alkyl halides is 3. The number of nitrogens with one attached hydrogen (secondary N) is 1. The van der Waals surface area contributed by atoms with E-state index in [1.165, 1.54) is 6.07 Å². The molecule has 0 aliphatic heterocycles. The molecule has 0 bridgehead atoms. The smallest absolute Gasteiger partial charge is 0.335 e. The van der Waals surface area contributed by atoms with Gasteiger partial charge in [0.05, 0.1) is 5.56 Å². The summed E-state index contributed by atoms with van der Waals surface area (Å²) in [4.78, 5) is 15.5. The van der Waals surface area contributed by atoms with Crippen LogP contribution in [0.25, 0.3) is 0 Å². The van der Waals surface area contributed by atoms with E-state index in [1.807, 2.05) is 5.32 Å². The van der Waals surface area contributed by atoms with Gasteiger partial charge in [-0.25, -0.2) is 9.37 Å². The van der Waals surface area contributed by atoms with Crippen LogP contribution in [0.15, 0.2) is 42.6 Å². The fourth-order valence-electron chi connectivity index (χ4n) is 1.81. The Kier molecular flexibility index (Phi) is 4.60. The first-order valence-corrected chi connectivity index (χ1v) is 6.30. The summed E-state index contributed by atoms with van der Waals surface area (Å²) >= 11 is 0. The number of amides is 1. The second kappa shape index (κ2) is 6.44. The van der Waals surface area contributed by atoms with Crippen LogP contribution in [0.5, 0.6) is 0 Å². The number of carbonyl (C=O) groups is 1. The quantitative estimate of drug-likeness (QED) is 0.883. The number of halogens is 4. The number of benzene rings is 1. The lowest BCUT2D eigenvalue weighted by Crippen LogP contribution is -2.38. The van der Waals surface area contributed by atoms with Gasteiger partial charge in [0, 0.05) is 6.20 Å². The number of nitriles is 1. The number of rotatable bonds is 3. The molecule has 0 fully saturated rings. The van der Waals surface area contributed by atoms with Crippen LogP contribution >= 0.6 is 0 Å². The highest BCUT2D eigenvalue weighted by molar-refractivity contribution is 5.92. The highest BCUT2D eigenvalue weighted by Crippen LogP contribution is 2.32. The van der Waals surface area contributed by atoms with Crippen molar-refractivity contribution in [2.24, 2.45) is 0 Å². The van der Waals surface area contributed by atoms with Crippen LogP contribution < -0.4 is 5.32 Å². The van der Waals surface area contributed by atoms with Crippen molar-refractivity contribution >= 4 is 5.91 Å². The van der Waals surface area contributed by atoms with Gasteiger partial charge in [-0.05, 0) is 29.8 Å². The molecule has 0 aliphatic carbocycles. The molecular formula is C15H9F4N3O. The van der Waals surface area contributed by atoms with E-state index in [-0.39, 0.29) is 16.8 Å². The van der Waals surface area contributed by atoms with Crippen LogP contribution in [0.1, 0.15) is 27.7 Å². The Morgan fingerprint density at radius 2 is 1.83 bits per heavy atom. The van der Waals surface area contributed by atoms with Gasteiger partial charge in [-0.2, -0.15) is 18.4 Å². The third kappa shape index (κ3) is 4.03. The average molecular weight is 323 g/mol. The molecule has 1 atom stereocenters. The molecule has 0 spiro atoms. The Morgan fingerprint density at radius 1 is 1.17 bits per heavy atom. The molecule has 1 aromatic carbocycles. The molecule has 1 aromatic heterocycles. The summed E-state index contributed by atoms with van der Waals surface area (Å²) in [6, 6.07) is 5.53. The molecule has 4 nitrogen and oxygen atoms in total. The van der Waals surface area contributed by atoms with Crippen molar-refractivity contribution in [3.05, 3.63) is 65.2 Å². The van der Waals surface area contributed by atoms with Crippen molar-refractivity contribution in [2.45, 2.75) is 12.2 Å². The summed E-state index contributed by atoms with van der Waals surface area (Å²) in [6.07, 6.45) is -3.69. The van der Waals surface area contributed by atoms with Crippen molar-refractivity contribution < 1.29 is 22.4 Å². The minimum atomic E-state index is -4.76. The van der Waals surface area contributed by atoms with Crippen molar-refractivity contribution in [3.63, 3.8) is 0 Å². The van der Waals surface area contributed by atoms with Crippen molar-refractivity contribution in [1.82, 2.24) is 10.3 Å². The van der Waals surface area contributed by atoms with Crippen LogP contribution in [-0.4, -0.2) is 17.1 Å².